The summed E-state index contributed by atoms with van der Waals surface area (Å²) in [7, 11) is -5.00. The third kappa shape index (κ3) is 5.78. The average molecular weight is 517 g/mol. The third-order valence-corrected chi connectivity index (χ3v) is 16.9. The van der Waals surface area contributed by atoms with E-state index in [1.807, 2.05) is 37.4 Å². The standard InChI is InChI=1S/C24H44O6SSi2/c1-21(2,3)32(7,8)29-23(27)16-24(28-18(15-25)20(23)26,17-13-11-12-14-19(17)31)30-33(9,10)22(4,5)6/h11-14,18,20,25-27,31H,15-16H2,1-10H3/t18-,20-,23+,24-/m0/s1. The minimum atomic E-state index is -2.53. The second-order valence-corrected chi connectivity index (χ2v) is 22.2. The minimum Gasteiger partial charge on any atom is -0.394 e. The van der Waals surface area contributed by atoms with Crippen molar-refractivity contribution in [3.63, 3.8) is 0 Å². The second-order valence-electron chi connectivity index (χ2n) is 12.3. The fourth-order valence-electron chi connectivity index (χ4n) is 3.54. The van der Waals surface area contributed by atoms with Crippen LogP contribution in [0.4, 0.5) is 0 Å². The Morgan fingerprint density at radius 1 is 1.00 bits per heavy atom. The van der Waals surface area contributed by atoms with E-state index in [1.165, 1.54) is 0 Å². The molecule has 0 aromatic heterocycles. The van der Waals surface area contributed by atoms with Crippen LogP contribution in [0.25, 0.3) is 0 Å². The SMILES string of the molecule is CC(C)(C)[Si](C)(C)O[C@]1(c2ccccc2S)C[C@@](O)(O[Si](C)(C)C(C)(C)C)[C@@H](O)[C@H](CO)O1. The smallest absolute Gasteiger partial charge is 0.196 e. The Morgan fingerprint density at radius 3 is 1.94 bits per heavy atom. The summed E-state index contributed by atoms with van der Waals surface area (Å²) in [6.07, 6.45) is -2.69. The van der Waals surface area contributed by atoms with Gasteiger partial charge in [-0.3, -0.25) is 0 Å². The van der Waals surface area contributed by atoms with Crippen LogP contribution in [0.1, 0.15) is 53.5 Å². The number of thiol groups is 1. The van der Waals surface area contributed by atoms with Crippen molar-refractivity contribution < 1.29 is 28.9 Å². The molecule has 0 radical (unpaired) electrons. The lowest BCUT2D eigenvalue weighted by molar-refractivity contribution is -0.372. The molecule has 1 aliphatic heterocycles. The van der Waals surface area contributed by atoms with Crippen LogP contribution in [0.2, 0.25) is 36.3 Å². The third-order valence-electron chi connectivity index (χ3n) is 7.60. The van der Waals surface area contributed by atoms with Crippen molar-refractivity contribution in [2.24, 2.45) is 0 Å². The van der Waals surface area contributed by atoms with Crippen LogP contribution < -0.4 is 0 Å². The largest absolute Gasteiger partial charge is 0.394 e. The van der Waals surface area contributed by atoms with Crippen molar-refractivity contribution in [1.82, 2.24) is 0 Å². The fourth-order valence-corrected chi connectivity index (χ4v) is 6.62. The predicted molar refractivity (Wildman–Crippen MR) is 139 cm³/mol. The summed E-state index contributed by atoms with van der Waals surface area (Å²) in [5.41, 5.74) is 0.640. The predicted octanol–water partition coefficient (Wildman–Crippen LogP) is 5.00. The Bertz CT molecular complexity index is 835. The van der Waals surface area contributed by atoms with Gasteiger partial charge in [0.1, 0.15) is 12.2 Å². The molecule has 0 saturated carbocycles. The number of hydrogen-bond donors (Lipinski definition) is 4. The van der Waals surface area contributed by atoms with Crippen LogP contribution in [-0.2, 0) is 19.4 Å². The number of benzene rings is 1. The molecule has 1 aliphatic rings. The van der Waals surface area contributed by atoms with Crippen molar-refractivity contribution in [1.29, 1.82) is 0 Å². The molecule has 0 amide bonds. The minimum absolute atomic E-state index is 0.145. The molecule has 0 aliphatic carbocycles. The zero-order valence-electron chi connectivity index (χ0n) is 21.9. The van der Waals surface area contributed by atoms with Crippen molar-refractivity contribution in [2.75, 3.05) is 6.61 Å². The van der Waals surface area contributed by atoms with Gasteiger partial charge in [-0.1, -0.05) is 59.7 Å². The lowest BCUT2D eigenvalue weighted by Crippen LogP contribution is -2.68. The van der Waals surface area contributed by atoms with Crippen LogP contribution in [0.3, 0.4) is 0 Å². The van der Waals surface area contributed by atoms with Gasteiger partial charge in [-0.05, 0) is 42.3 Å². The van der Waals surface area contributed by atoms with Crippen LogP contribution in [0.15, 0.2) is 29.2 Å². The van der Waals surface area contributed by atoms with Crippen molar-refractivity contribution in [2.45, 2.75) is 113 Å². The number of ether oxygens (including phenoxy) is 1. The molecular weight excluding hydrogens is 472 g/mol. The van der Waals surface area contributed by atoms with E-state index in [0.717, 1.165) is 0 Å². The van der Waals surface area contributed by atoms with E-state index >= 15 is 0 Å². The van der Waals surface area contributed by atoms with E-state index in [0.29, 0.717) is 10.5 Å². The lowest BCUT2D eigenvalue weighted by Gasteiger charge is -2.56. The average Bonchev–Trinajstić information content (AvgIpc) is 2.62. The summed E-state index contributed by atoms with van der Waals surface area (Å²) in [5.74, 6) is -3.43. The van der Waals surface area contributed by atoms with Gasteiger partial charge >= 0.3 is 0 Å². The highest BCUT2D eigenvalue weighted by Crippen LogP contribution is 2.52. The monoisotopic (exact) mass is 516 g/mol. The molecule has 0 bridgehead atoms. The van der Waals surface area contributed by atoms with Crippen LogP contribution in [0.5, 0.6) is 0 Å². The molecule has 3 N–H and O–H groups in total. The van der Waals surface area contributed by atoms with Gasteiger partial charge in [-0.25, -0.2) is 0 Å². The van der Waals surface area contributed by atoms with Crippen molar-refractivity contribution in [3.8, 4) is 0 Å². The molecule has 4 atom stereocenters. The topological polar surface area (TPSA) is 88.4 Å². The molecule has 1 heterocycles. The summed E-state index contributed by atoms with van der Waals surface area (Å²) in [5, 5.41) is 32.8. The molecular formula is C24H44O6SSi2. The molecule has 190 valence electrons. The zero-order chi connectivity index (χ0) is 25.7. The lowest BCUT2D eigenvalue weighted by atomic mass is 9.88. The first-order valence-electron chi connectivity index (χ1n) is 11.6. The Morgan fingerprint density at radius 2 is 1.48 bits per heavy atom. The molecule has 9 heteroatoms. The van der Waals surface area contributed by atoms with Gasteiger partial charge in [-0.15, -0.1) is 12.6 Å². The first-order chi connectivity index (χ1) is 14.7. The zero-order valence-corrected chi connectivity index (χ0v) is 24.8. The van der Waals surface area contributed by atoms with Gasteiger partial charge in [0, 0.05) is 10.5 Å². The maximum Gasteiger partial charge on any atom is 0.196 e. The van der Waals surface area contributed by atoms with Crippen LogP contribution in [-0.4, -0.2) is 56.6 Å². The summed E-state index contributed by atoms with van der Waals surface area (Å²) < 4.78 is 19.7. The van der Waals surface area contributed by atoms with E-state index in [1.54, 1.807) is 0 Å². The van der Waals surface area contributed by atoms with Crippen LogP contribution >= 0.6 is 12.6 Å². The van der Waals surface area contributed by atoms with Crippen molar-refractivity contribution >= 4 is 29.3 Å². The number of rotatable bonds is 6. The van der Waals surface area contributed by atoms with E-state index < -0.39 is 47.0 Å². The summed E-state index contributed by atoms with van der Waals surface area (Å²) >= 11 is 4.67. The molecule has 6 nitrogen and oxygen atoms in total. The first kappa shape index (κ1) is 29.0. The van der Waals surface area contributed by atoms with Gasteiger partial charge in [0.25, 0.3) is 0 Å². The van der Waals surface area contributed by atoms with E-state index in [2.05, 4.69) is 67.3 Å². The maximum atomic E-state index is 11.9. The number of aliphatic hydroxyl groups is 3. The summed E-state index contributed by atoms with van der Waals surface area (Å²) in [6.45, 7) is 20.3. The van der Waals surface area contributed by atoms with Gasteiger partial charge in [0.15, 0.2) is 28.2 Å². The molecule has 1 aromatic rings. The molecule has 0 spiro atoms. The molecule has 2 rings (SSSR count). The first-order valence-corrected chi connectivity index (χ1v) is 17.9. The Hall–Kier alpha value is -0.236. The quantitative estimate of drug-likeness (QED) is 0.242. The van der Waals surface area contributed by atoms with Crippen molar-refractivity contribution in [3.05, 3.63) is 29.8 Å². The van der Waals surface area contributed by atoms with E-state index in [-0.39, 0.29) is 16.5 Å². The highest BCUT2D eigenvalue weighted by molar-refractivity contribution is 7.80. The van der Waals surface area contributed by atoms with Gasteiger partial charge < -0.3 is 28.9 Å². The van der Waals surface area contributed by atoms with E-state index in [9.17, 15) is 15.3 Å². The Labute approximate surface area is 207 Å². The fraction of sp³-hybridized carbons (Fsp3) is 0.750. The Balaban J connectivity index is 2.72. The van der Waals surface area contributed by atoms with Gasteiger partial charge in [0.2, 0.25) is 0 Å². The number of hydrogen-bond acceptors (Lipinski definition) is 7. The van der Waals surface area contributed by atoms with E-state index in [4.69, 9.17) is 13.6 Å². The molecule has 1 fully saturated rings. The highest BCUT2D eigenvalue weighted by Gasteiger charge is 2.61. The normalized spacial score (nSPS) is 29.9. The molecule has 1 aromatic carbocycles. The maximum absolute atomic E-state index is 11.9. The van der Waals surface area contributed by atoms with Gasteiger partial charge in [-0.2, -0.15) is 0 Å². The second kappa shape index (κ2) is 9.33. The molecule has 0 unspecified atom stereocenters. The molecule has 1 saturated heterocycles. The number of aliphatic hydroxyl groups excluding tert-OH is 2. The highest BCUT2D eigenvalue weighted by atomic mass is 32.1. The van der Waals surface area contributed by atoms with Crippen LogP contribution in [0, 0.1) is 0 Å². The van der Waals surface area contributed by atoms with Gasteiger partial charge in [0.05, 0.1) is 13.0 Å². The Kier molecular flexibility index (Phi) is 8.20. The molecule has 33 heavy (non-hydrogen) atoms. The summed E-state index contributed by atoms with van der Waals surface area (Å²) in [6, 6.07) is 7.42. The summed E-state index contributed by atoms with van der Waals surface area (Å²) in [4.78, 5) is 0.638.